The lowest BCUT2D eigenvalue weighted by atomic mass is 10.2. The SMILES string of the molecule is C#CCCCNCc1ccccc1[N+](=O)[O-]. The molecule has 16 heavy (non-hydrogen) atoms. The lowest BCUT2D eigenvalue weighted by Crippen LogP contribution is -2.15. The molecule has 0 atom stereocenters. The van der Waals surface area contributed by atoms with E-state index in [2.05, 4.69) is 11.2 Å². The Morgan fingerprint density at radius 3 is 2.88 bits per heavy atom. The molecule has 84 valence electrons. The molecule has 0 radical (unpaired) electrons. The Bertz CT molecular complexity index is 396. The molecule has 1 aromatic rings. The van der Waals surface area contributed by atoms with Gasteiger partial charge in [0.2, 0.25) is 0 Å². The maximum atomic E-state index is 10.7. The van der Waals surface area contributed by atoms with Gasteiger partial charge in [0.05, 0.1) is 4.92 Å². The summed E-state index contributed by atoms with van der Waals surface area (Å²) in [6.45, 7) is 1.28. The van der Waals surface area contributed by atoms with E-state index in [1.54, 1.807) is 18.2 Å². The fourth-order valence-corrected chi connectivity index (χ4v) is 1.38. The van der Waals surface area contributed by atoms with Crippen molar-refractivity contribution in [3.8, 4) is 12.3 Å². The molecule has 0 saturated heterocycles. The van der Waals surface area contributed by atoms with E-state index in [0.29, 0.717) is 12.1 Å². The number of hydrogen-bond acceptors (Lipinski definition) is 3. The van der Waals surface area contributed by atoms with Crippen LogP contribution in [0.5, 0.6) is 0 Å². The van der Waals surface area contributed by atoms with Crippen molar-refractivity contribution in [2.45, 2.75) is 19.4 Å². The van der Waals surface area contributed by atoms with Crippen LogP contribution in [-0.2, 0) is 6.54 Å². The van der Waals surface area contributed by atoms with Crippen LogP contribution in [0.3, 0.4) is 0 Å². The zero-order chi connectivity index (χ0) is 11.8. The summed E-state index contributed by atoms with van der Waals surface area (Å²) in [5.74, 6) is 2.55. The second-order valence-electron chi connectivity index (χ2n) is 3.37. The summed E-state index contributed by atoms with van der Waals surface area (Å²) in [6, 6.07) is 6.73. The molecule has 0 saturated carbocycles. The first-order valence-electron chi connectivity index (χ1n) is 5.12. The van der Waals surface area contributed by atoms with Crippen molar-refractivity contribution in [2.75, 3.05) is 6.54 Å². The highest BCUT2D eigenvalue weighted by Gasteiger charge is 2.10. The fourth-order valence-electron chi connectivity index (χ4n) is 1.38. The number of nitro benzene ring substituents is 1. The standard InChI is InChI=1S/C12H14N2O2/c1-2-3-6-9-13-10-11-7-4-5-8-12(11)14(15)16/h1,4-5,7-8,13H,3,6,9-10H2. The summed E-state index contributed by atoms with van der Waals surface area (Å²) in [4.78, 5) is 10.3. The Morgan fingerprint density at radius 1 is 1.44 bits per heavy atom. The fraction of sp³-hybridized carbons (Fsp3) is 0.333. The molecule has 0 aliphatic heterocycles. The average molecular weight is 218 g/mol. The van der Waals surface area contributed by atoms with Crippen LogP contribution in [-0.4, -0.2) is 11.5 Å². The van der Waals surface area contributed by atoms with Gasteiger partial charge in [-0.2, -0.15) is 0 Å². The van der Waals surface area contributed by atoms with Crippen LogP contribution in [0.25, 0.3) is 0 Å². The smallest absolute Gasteiger partial charge is 0.273 e. The Balaban J connectivity index is 2.47. The molecule has 0 bridgehead atoms. The molecular formula is C12H14N2O2. The monoisotopic (exact) mass is 218 g/mol. The zero-order valence-corrected chi connectivity index (χ0v) is 8.98. The number of unbranched alkanes of at least 4 members (excludes halogenated alkanes) is 1. The Kier molecular flexibility index (Phi) is 5.03. The zero-order valence-electron chi connectivity index (χ0n) is 8.98. The van der Waals surface area contributed by atoms with Gasteiger partial charge in [-0.15, -0.1) is 12.3 Å². The normalized spacial score (nSPS) is 9.69. The molecule has 0 aliphatic carbocycles. The van der Waals surface area contributed by atoms with E-state index in [9.17, 15) is 10.1 Å². The number of nitrogens with one attached hydrogen (secondary N) is 1. The number of rotatable bonds is 6. The molecule has 4 heteroatoms. The van der Waals surface area contributed by atoms with Crippen LogP contribution in [0.1, 0.15) is 18.4 Å². The third-order valence-electron chi connectivity index (χ3n) is 2.18. The van der Waals surface area contributed by atoms with Crippen molar-refractivity contribution in [1.29, 1.82) is 0 Å². The molecule has 4 nitrogen and oxygen atoms in total. The van der Waals surface area contributed by atoms with E-state index in [-0.39, 0.29) is 10.6 Å². The van der Waals surface area contributed by atoms with Crippen molar-refractivity contribution in [3.63, 3.8) is 0 Å². The van der Waals surface area contributed by atoms with E-state index in [0.717, 1.165) is 19.4 Å². The molecule has 0 spiro atoms. The minimum Gasteiger partial charge on any atom is -0.312 e. The van der Waals surface area contributed by atoms with Gasteiger partial charge in [-0.1, -0.05) is 18.2 Å². The highest BCUT2D eigenvalue weighted by Crippen LogP contribution is 2.16. The van der Waals surface area contributed by atoms with E-state index in [1.165, 1.54) is 6.07 Å². The van der Waals surface area contributed by atoms with Crippen molar-refractivity contribution in [2.24, 2.45) is 0 Å². The molecule has 0 amide bonds. The lowest BCUT2D eigenvalue weighted by molar-refractivity contribution is -0.385. The Morgan fingerprint density at radius 2 is 2.19 bits per heavy atom. The van der Waals surface area contributed by atoms with Crippen LogP contribution >= 0.6 is 0 Å². The van der Waals surface area contributed by atoms with Crippen molar-refractivity contribution in [3.05, 3.63) is 39.9 Å². The first kappa shape index (κ1) is 12.2. The van der Waals surface area contributed by atoms with Gasteiger partial charge in [-0.25, -0.2) is 0 Å². The van der Waals surface area contributed by atoms with Gasteiger partial charge in [0.1, 0.15) is 0 Å². The predicted octanol–water partition coefficient (Wildman–Crippen LogP) is 2.10. The lowest BCUT2D eigenvalue weighted by Gasteiger charge is -2.04. The van der Waals surface area contributed by atoms with Gasteiger partial charge < -0.3 is 5.32 Å². The summed E-state index contributed by atoms with van der Waals surface area (Å²) in [5.41, 5.74) is 0.861. The number of terminal acetylenes is 1. The van der Waals surface area contributed by atoms with Crippen molar-refractivity contribution >= 4 is 5.69 Å². The van der Waals surface area contributed by atoms with Crippen LogP contribution in [0.2, 0.25) is 0 Å². The molecule has 1 N–H and O–H groups in total. The summed E-state index contributed by atoms with van der Waals surface area (Å²) in [5, 5.41) is 13.8. The summed E-state index contributed by atoms with van der Waals surface area (Å²) in [7, 11) is 0. The van der Waals surface area contributed by atoms with E-state index < -0.39 is 0 Å². The third-order valence-corrected chi connectivity index (χ3v) is 2.18. The van der Waals surface area contributed by atoms with Gasteiger partial charge in [0.15, 0.2) is 0 Å². The second-order valence-corrected chi connectivity index (χ2v) is 3.37. The highest BCUT2D eigenvalue weighted by molar-refractivity contribution is 5.39. The number of nitrogens with zero attached hydrogens (tertiary/aromatic N) is 1. The van der Waals surface area contributed by atoms with Gasteiger partial charge in [0, 0.05) is 24.6 Å². The van der Waals surface area contributed by atoms with Gasteiger partial charge in [0.25, 0.3) is 5.69 Å². The third kappa shape index (κ3) is 3.71. The van der Waals surface area contributed by atoms with Crippen LogP contribution in [0.15, 0.2) is 24.3 Å². The average Bonchev–Trinajstić information content (AvgIpc) is 2.29. The minimum atomic E-state index is -0.363. The van der Waals surface area contributed by atoms with E-state index in [4.69, 9.17) is 6.42 Å². The van der Waals surface area contributed by atoms with E-state index >= 15 is 0 Å². The number of nitro groups is 1. The van der Waals surface area contributed by atoms with E-state index in [1.807, 2.05) is 0 Å². The van der Waals surface area contributed by atoms with Crippen LogP contribution in [0, 0.1) is 22.5 Å². The van der Waals surface area contributed by atoms with Gasteiger partial charge in [-0.3, -0.25) is 10.1 Å². The molecule has 0 unspecified atom stereocenters. The second kappa shape index (κ2) is 6.59. The quantitative estimate of drug-likeness (QED) is 0.344. The largest absolute Gasteiger partial charge is 0.312 e. The van der Waals surface area contributed by atoms with Crippen LogP contribution in [0.4, 0.5) is 5.69 Å². The molecule has 0 aliphatic rings. The molecule has 0 fully saturated rings. The summed E-state index contributed by atoms with van der Waals surface area (Å²) >= 11 is 0. The highest BCUT2D eigenvalue weighted by atomic mass is 16.6. The number of hydrogen-bond donors (Lipinski definition) is 1. The van der Waals surface area contributed by atoms with Crippen LogP contribution < -0.4 is 5.32 Å². The number of benzene rings is 1. The molecule has 1 aromatic carbocycles. The summed E-state index contributed by atoms with van der Waals surface area (Å²) in [6.07, 6.45) is 6.73. The van der Waals surface area contributed by atoms with Gasteiger partial charge >= 0.3 is 0 Å². The molecular weight excluding hydrogens is 204 g/mol. The predicted molar refractivity (Wildman–Crippen MR) is 62.9 cm³/mol. The minimum absolute atomic E-state index is 0.159. The Labute approximate surface area is 94.8 Å². The maximum Gasteiger partial charge on any atom is 0.273 e. The maximum absolute atomic E-state index is 10.7. The first-order chi connectivity index (χ1) is 7.75. The van der Waals surface area contributed by atoms with Gasteiger partial charge in [-0.05, 0) is 13.0 Å². The topological polar surface area (TPSA) is 55.2 Å². The van der Waals surface area contributed by atoms with Crippen molar-refractivity contribution in [1.82, 2.24) is 5.32 Å². The molecule has 0 heterocycles. The molecule has 1 rings (SSSR count). The van der Waals surface area contributed by atoms with Crippen molar-refractivity contribution < 1.29 is 4.92 Å². The first-order valence-corrected chi connectivity index (χ1v) is 5.12. The summed E-state index contributed by atoms with van der Waals surface area (Å²) < 4.78 is 0. The Hall–Kier alpha value is -1.86. The number of para-hydroxylation sites is 1. The molecule has 0 aromatic heterocycles.